The van der Waals surface area contributed by atoms with E-state index in [-0.39, 0.29) is 6.29 Å². The Morgan fingerprint density at radius 2 is 1.58 bits per heavy atom. The van der Waals surface area contributed by atoms with Crippen LogP contribution in [0.25, 0.3) is 0 Å². The molecule has 1 aromatic carbocycles. The Hall–Kier alpha value is -2.39. The molecule has 10 heteroatoms. The zero-order chi connectivity index (χ0) is 14.6. The van der Waals surface area contributed by atoms with Crippen LogP contribution in [0.5, 0.6) is 11.5 Å². The van der Waals surface area contributed by atoms with Crippen LogP contribution in [-0.2, 0) is 0 Å². The predicted octanol–water partition coefficient (Wildman–Crippen LogP) is 2.61. The summed E-state index contributed by atoms with van der Waals surface area (Å²) in [5.41, 5.74) is -1.48. The molecule has 1 rings (SSSR count). The van der Waals surface area contributed by atoms with Gasteiger partial charge in [0, 0.05) is 6.07 Å². The van der Waals surface area contributed by atoms with E-state index in [0.29, 0.717) is 12.1 Å². The molecule has 0 heterocycles. The van der Waals surface area contributed by atoms with Gasteiger partial charge in [0.1, 0.15) is 0 Å². The smallest absolute Gasteiger partial charge is 0.387 e. The lowest BCUT2D eigenvalue weighted by Crippen LogP contribution is -2.09. The Balaban J connectivity index is 3.34. The second-order valence-electron chi connectivity index (χ2n) is 2.99. The molecule has 0 aromatic heterocycles. The highest BCUT2D eigenvalue weighted by Crippen LogP contribution is 2.36. The first kappa shape index (κ1) is 14.7. The molecule has 0 aliphatic heterocycles. The van der Waals surface area contributed by atoms with Crippen LogP contribution < -0.4 is 9.47 Å². The molecule has 0 amide bonds. The maximum absolute atomic E-state index is 12.0. The lowest BCUT2D eigenvalue weighted by Gasteiger charge is -2.12. The van der Waals surface area contributed by atoms with E-state index in [2.05, 4.69) is 9.47 Å². The molecule has 1 aromatic rings. The van der Waals surface area contributed by atoms with Crippen LogP contribution in [0.15, 0.2) is 12.1 Å². The number of alkyl halides is 4. The Morgan fingerprint density at radius 3 is 1.95 bits per heavy atom. The summed E-state index contributed by atoms with van der Waals surface area (Å²) in [7, 11) is 0. The highest BCUT2D eigenvalue weighted by molar-refractivity contribution is 5.83. The summed E-state index contributed by atoms with van der Waals surface area (Å²) in [6.07, 6.45) is 0.00260. The van der Waals surface area contributed by atoms with Gasteiger partial charge in [0.25, 0.3) is 5.69 Å². The zero-order valence-electron chi connectivity index (χ0n) is 8.89. The van der Waals surface area contributed by atoms with Gasteiger partial charge in [0.2, 0.25) is 0 Å². The predicted molar refractivity (Wildman–Crippen MR) is 51.7 cm³/mol. The molecular formula is C9H5F4NO5. The second kappa shape index (κ2) is 5.98. The number of halogens is 4. The number of ether oxygens (including phenoxy) is 2. The summed E-state index contributed by atoms with van der Waals surface area (Å²) in [5, 5.41) is 10.6. The maximum Gasteiger partial charge on any atom is 0.387 e. The fourth-order valence-electron chi connectivity index (χ4n) is 1.19. The second-order valence-corrected chi connectivity index (χ2v) is 2.99. The fourth-order valence-corrected chi connectivity index (χ4v) is 1.19. The van der Waals surface area contributed by atoms with E-state index in [4.69, 9.17) is 0 Å². The summed E-state index contributed by atoms with van der Waals surface area (Å²) in [4.78, 5) is 20.1. The average Bonchev–Trinajstić information content (AvgIpc) is 2.29. The average molecular weight is 283 g/mol. The number of rotatable bonds is 6. The fraction of sp³-hybridized carbons (Fsp3) is 0.222. The van der Waals surface area contributed by atoms with Crippen LogP contribution in [0.4, 0.5) is 23.2 Å². The lowest BCUT2D eigenvalue weighted by molar-refractivity contribution is -0.385. The SMILES string of the molecule is O=Cc1cc(OC(F)F)c(OC(F)F)cc1[N+](=O)[O-]. The molecule has 0 N–H and O–H groups in total. The molecule has 0 atom stereocenters. The van der Waals surface area contributed by atoms with Crippen molar-refractivity contribution < 1.29 is 36.8 Å². The molecule has 0 spiro atoms. The van der Waals surface area contributed by atoms with Crippen LogP contribution in [0, 0.1) is 10.1 Å². The topological polar surface area (TPSA) is 78.7 Å². The number of aldehydes is 1. The van der Waals surface area contributed by atoms with Crippen molar-refractivity contribution in [2.45, 2.75) is 13.2 Å². The van der Waals surface area contributed by atoms with Gasteiger partial charge in [0.15, 0.2) is 17.8 Å². The number of carbonyl (C=O) groups excluding carboxylic acids is 1. The Kier molecular flexibility index (Phi) is 4.62. The van der Waals surface area contributed by atoms with Crippen molar-refractivity contribution in [3.8, 4) is 11.5 Å². The number of nitro groups is 1. The highest BCUT2D eigenvalue weighted by Gasteiger charge is 2.23. The van der Waals surface area contributed by atoms with Crippen molar-refractivity contribution in [3.63, 3.8) is 0 Å². The normalized spacial score (nSPS) is 10.6. The standard InChI is InChI=1S/C9H5F4NO5/c10-8(11)18-6-1-4(3-15)5(14(16)17)2-7(6)19-9(12)13/h1-3,8-9H. The first-order valence-corrected chi connectivity index (χ1v) is 4.52. The van der Waals surface area contributed by atoms with E-state index >= 15 is 0 Å². The summed E-state index contributed by atoms with van der Waals surface area (Å²) < 4.78 is 55.9. The molecule has 0 radical (unpaired) electrons. The third-order valence-corrected chi connectivity index (χ3v) is 1.85. The van der Waals surface area contributed by atoms with E-state index in [0.717, 1.165) is 0 Å². The molecule has 6 nitrogen and oxygen atoms in total. The zero-order valence-corrected chi connectivity index (χ0v) is 8.89. The van der Waals surface area contributed by atoms with Gasteiger partial charge in [-0.2, -0.15) is 17.6 Å². The minimum Gasteiger partial charge on any atom is -0.431 e. The lowest BCUT2D eigenvalue weighted by atomic mass is 10.1. The van der Waals surface area contributed by atoms with Gasteiger partial charge in [0.05, 0.1) is 16.6 Å². The molecule has 0 saturated carbocycles. The monoisotopic (exact) mass is 283 g/mol. The molecule has 19 heavy (non-hydrogen) atoms. The minimum absolute atomic E-state index is 0.00260. The van der Waals surface area contributed by atoms with Gasteiger partial charge < -0.3 is 9.47 Å². The molecule has 0 aliphatic carbocycles. The Bertz CT molecular complexity index is 494. The summed E-state index contributed by atoms with van der Waals surface area (Å²) in [5.74, 6) is -1.87. The summed E-state index contributed by atoms with van der Waals surface area (Å²) >= 11 is 0. The van der Waals surface area contributed by atoms with E-state index in [1.54, 1.807) is 0 Å². The van der Waals surface area contributed by atoms with Crippen molar-refractivity contribution in [1.29, 1.82) is 0 Å². The van der Waals surface area contributed by atoms with Gasteiger partial charge in [-0.3, -0.25) is 14.9 Å². The van der Waals surface area contributed by atoms with Gasteiger partial charge >= 0.3 is 13.2 Å². The van der Waals surface area contributed by atoms with Crippen molar-refractivity contribution >= 4 is 12.0 Å². The summed E-state index contributed by atoms with van der Waals surface area (Å²) in [6.45, 7) is -6.78. The molecule has 0 fully saturated rings. The van der Waals surface area contributed by atoms with Crippen LogP contribution in [-0.4, -0.2) is 24.4 Å². The van der Waals surface area contributed by atoms with Crippen molar-refractivity contribution in [1.82, 2.24) is 0 Å². The first-order valence-electron chi connectivity index (χ1n) is 4.52. The van der Waals surface area contributed by atoms with E-state index in [9.17, 15) is 32.5 Å². The number of hydrogen-bond donors (Lipinski definition) is 0. The number of nitro benzene ring substituents is 1. The minimum atomic E-state index is -3.40. The number of carbonyl (C=O) groups is 1. The van der Waals surface area contributed by atoms with E-state index < -0.39 is 40.9 Å². The van der Waals surface area contributed by atoms with Crippen molar-refractivity contribution in [3.05, 3.63) is 27.8 Å². The molecule has 0 unspecified atom stereocenters. The molecular weight excluding hydrogens is 278 g/mol. The molecule has 0 aliphatic rings. The third kappa shape index (κ3) is 3.79. The van der Waals surface area contributed by atoms with Crippen molar-refractivity contribution in [2.24, 2.45) is 0 Å². The van der Waals surface area contributed by atoms with Crippen LogP contribution >= 0.6 is 0 Å². The third-order valence-electron chi connectivity index (χ3n) is 1.85. The first-order chi connectivity index (χ1) is 8.85. The molecule has 0 saturated heterocycles. The number of hydrogen-bond acceptors (Lipinski definition) is 5. The number of benzene rings is 1. The highest BCUT2D eigenvalue weighted by atomic mass is 19.3. The largest absolute Gasteiger partial charge is 0.431 e. The van der Waals surface area contributed by atoms with Gasteiger partial charge in [-0.1, -0.05) is 0 Å². The van der Waals surface area contributed by atoms with E-state index in [1.165, 1.54) is 0 Å². The van der Waals surface area contributed by atoms with Crippen molar-refractivity contribution in [2.75, 3.05) is 0 Å². The van der Waals surface area contributed by atoms with E-state index in [1.807, 2.05) is 0 Å². The van der Waals surface area contributed by atoms with Gasteiger partial charge in [-0.15, -0.1) is 0 Å². The van der Waals surface area contributed by atoms with Gasteiger partial charge in [-0.05, 0) is 0 Å². The Morgan fingerprint density at radius 1 is 1.11 bits per heavy atom. The Labute approximate surface area is 102 Å². The quantitative estimate of drug-likeness (QED) is 0.347. The van der Waals surface area contributed by atoms with Crippen LogP contribution in [0.3, 0.4) is 0 Å². The molecule has 104 valence electrons. The summed E-state index contributed by atoms with van der Waals surface area (Å²) in [6, 6.07) is 0.933. The number of nitrogens with zero attached hydrogens (tertiary/aromatic N) is 1. The van der Waals surface area contributed by atoms with Crippen LogP contribution in [0.2, 0.25) is 0 Å². The van der Waals surface area contributed by atoms with Gasteiger partial charge in [-0.25, -0.2) is 0 Å². The maximum atomic E-state index is 12.0. The molecule has 0 bridgehead atoms. The van der Waals surface area contributed by atoms with Crippen LogP contribution in [0.1, 0.15) is 10.4 Å².